The van der Waals surface area contributed by atoms with Crippen molar-refractivity contribution in [1.82, 2.24) is 9.88 Å². The largest absolute Gasteiger partial charge is 0.489 e. The molecule has 0 bridgehead atoms. The topological polar surface area (TPSA) is 94.8 Å². The number of nitrogens with zero attached hydrogens (tertiary/aromatic N) is 2. The Hall–Kier alpha value is -3.30. The van der Waals surface area contributed by atoms with Crippen LogP contribution >= 0.6 is 0 Å². The van der Waals surface area contributed by atoms with Crippen molar-refractivity contribution < 1.29 is 32.2 Å². The molecule has 2 aromatic rings. The number of hydrogen-bond donors (Lipinski definition) is 1. The number of halogens is 3. The first-order valence-corrected chi connectivity index (χ1v) is 9.23. The summed E-state index contributed by atoms with van der Waals surface area (Å²) < 4.78 is 48.8. The van der Waals surface area contributed by atoms with Crippen LogP contribution in [-0.2, 0) is 11.0 Å². The third kappa shape index (κ3) is 5.19. The highest BCUT2D eigenvalue weighted by molar-refractivity contribution is 5.93. The summed E-state index contributed by atoms with van der Waals surface area (Å²) in [6, 6.07) is 7.10. The standard InChI is InChI=1S/C20H20F3N3O4/c21-20(22,23)13-5-7-15(8-6-13)29-12-17(27)26-10-2-3-14(26)11-30-16-4-1-9-25-18(16)19(24)28/h1,4-9,14H,2-3,10-12H2,(H2,24,28)/t14-/m1/s1. The molecule has 2 N–H and O–H groups in total. The van der Waals surface area contributed by atoms with E-state index in [-0.39, 0.29) is 42.4 Å². The lowest BCUT2D eigenvalue weighted by atomic mass is 10.2. The van der Waals surface area contributed by atoms with Crippen molar-refractivity contribution in [2.45, 2.75) is 25.1 Å². The highest BCUT2D eigenvalue weighted by Gasteiger charge is 2.31. The first-order chi connectivity index (χ1) is 14.3. The van der Waals surface area contributed by atoms with Gasteiger partial charge in [0.05, 0.1) is 11.6 Å². The second kappa shape index (κ2) is 9.02. The van der Waals surface area contributed by atoms with E-state index in [4.69, 9.17) is 15.2 Å². The van der Waals surface area contributed by atoms with Crippen LogP contribution in [0.4, 0.5) is 13.2 Å². The zero-order valence-corrected chi connectivity index (χ0v) is 15.9. The number of pyridine rings is 1. The van der Waals surface area contributed by atoms with E-state index in [1.165, 1.54) is 18.3 Å². The molecule has 2 heterocycles. The molecule has 1 aromatic heterocycles. The number of carbonyl (C=O) groups is 2. The molecule has 1 saturated heterocycles. The van der Waals surface area contributed by atoms with Gasteiger partial charge in [-0.3, -0.25) is 9.59 Å². The Morgan fingerprint density at radius 3 is 2.57 bits per heavy atom. The molecular formula is C20H20F3N3O4. The monoisotopic (exact) mass is 423 g/mol. The molecule has 3 rings (SSSR count). The third-order valence-corrected chi connectivity index (χ3v) is 4.68. The number of primary amides is 1. The van der Waals surface area contributed by atoms with E-state index in [0.29, 0.717) is 13.0 Å². The maximum atomic E-state index is 12.6. The number of amides is 2. The fourth-order valence-electron chi connectivity index (χ4n) is 3.18. The van der Waals surface area contributed by atoms with Crippen LogP contribution in [0.1, 0.15) is 28.9 Å². The number of hydrogen-bond acceptors (Lipinski definition) is 5. The van der Waals surface area contributed by atoms with Crippen molar-refractivity contribution in [3.05, 3.63) is 53.9 Å². The average molecular weight is 423 g/mol. The summed E-state index contributed by atoms with van der Waals surface area (Å²) in [4.78, 5) is 29.4. The number of carbonyl (C=O) groups excluding carboxylic acids is 2. The summed E-state index contributed by atoms with van der Waals surface area (Å²) in [6.07, 6.45) is -1.52. The minimum atomic E-state index is -4.43. The van der Waals surface area contributed by atoms with Crippen molar-refractivity contribution in [3.63, 3.8) is 0 Å². The lowest BCUT2D eigenvalue weighted by Crippen LogP contribution is -2.41. The molecule has 1 aliphatic rings. The molecule has 1 aromatic carbocycles. The van der Waals surface area contributed by atoms with Gasteiger partial charge in [-0.1, -0.05) is 0 Å². The molecule has 1 atom stereocenters. The van der Waals surface area contributed by atoms with E-state index in [0.717, 1.165) is 18.6 Å². The van der Waals surface area contributed by atoms with Crippen molar-refractivity contribution in [3.8, 4) is 11.5 Å². The summed E-state index contributed by atoms with van der Waals surface area (Å²) in [5, 5.41) is 0. The van der Waals surface area contributed by atoms with Gasteiger partial charge in [-0.15, -0.1) is 0 Å². The van der Waals surface area contributed by atoms with Gasteiger partial charge in [0.1, 0.15) is 12.4 Å². The maximum absolute atomic E-state index is 12.6. The molecule has 10 heteroatoms. The molecule has 30 heavy (non-hydrogen) atoms. The Labute approximate surface area is 170 Å². The molecule has 7 nitrogen and oxygen atoms in total. The van der Waals surface area contributed by atoms with E-state index in [1.807, 2.05) is 0 Å². The van der Waals surface area contributed by atoms with Crippen LogP contribution in [0.25, 0.3) is 0 Å². The first kappa shape index (κ1) is 21.4. The molecule has 1 fully saturated rings. The van der Waals surface area contributed by atoms with Crippen LogP contribution in [-0.4, -0.2) is 47.5 Å². The molecular weight excluding hydrogens is 403 g/mol. The predicted octanol–water partition coefficient (Wildman–Crippen LogP) is 2.65. The Morgan fingerprint density at radius 1 is 1.17 bits per heavy atom. The van der Waals surface area contributed by atoms with Gasteiger partial charge in [-0.25, -0.2) is 4.98 Å². The lowest BCUT2D eigenvalue weighted by Gasteiger charge is -2.25. The number of nitrogens with two attached hydrogens (primary N) is 1. The van der Waals surface area contributed by atoms with Crippen LogP contribution < -0.4 is 15.2 Å². The van der Waals surface area contributed by atoms with Gasteiger partial charge in [0.15, 0.2) is 18.1 Å². The Morgan fingerprint density at radius 2 is 1.90 bits per heavy atom. The summed E-state index contributed by atoms with van der Waals surface area (Å²) in [5.74, 6) is -0.604. The fourth-order valence-corrected chi connectivity index (χ4v) is 3.18. The van der Waals surface area contributed by atoms with Gasteiger partial charge in [0.2, 0.25) is 0 Å². The Balaban J connectivity index is 1.55. The van der Waals surface area contributed by atoms with Crippen LogP contribution in [0.15, 0.2) is 42.6 Å². The van der Waals surface area contributed by atoms with Crippen LogP contribution in [0, 0.1) is 0 Å². The molecule has 2 amide bonds. The van der Waals surface area contributed by atoms with Crippen molar-refractivity contribution in [1.29, 1.82) is 0 Å². The highest BCUT2D eigenvalue weighted by atomic mass is 19.4. The number of alkyl halides is 3. The smallest absolute Gasteiger partial charge is 0.416 e. The Kier molecular flexibility index (Phi) is 6.43. The van der Waals surface area contributed by atoms with Gasteiger partial charge in [0, 0.05) is 12.7 Å². The fraction of sp³-hybridized carbons (Fsp3) is 0.350. The van der Waals surface area contributed by atoms with Crippen molar-refractivity contribution >= 4 is 11.8 Å². The zero-order valence-electron chi connectivity index (χ0n) is 15.9. The molecule has 0 radical (unpaired) electrons. The summed E-state index contributed by atoms with van der Waals surface area (Å²) in [7, 11) is 0. The summed E-state index contributed by atoms with van der Waals surface area (Å²) >= 11 is 0. The average Bonchev–Trinajstić information content (AvgIpc) is 3.19. The molecule has 0 spiro atoms. The zero-order chi connectivity index (χ0) is 21.7. The molecule has 160 valence electrons. The van der Waals surface area contributed by atoms with E-state index in [1.54, 1.807) is 17.0 Å². The van der Waals surface area contributed by atoms with Crippen LogP contribution in [0.3, 0.4) is 0 Å². The van der Waals surface area contributed by atoms with Gasteiger partial charge in [0.25, 0.3) is 11.8 Å². The number of aromatic nitrogens is 1. The third-order valence-electron chi connectivity index (χ3n) is 4.68. The van der Waals surface area contributed by atoms with E-state index < -0.39 is 17.6 Å². The minimum absolute atomic E-state index is 0.0130. The number of benzene rings is 1. The van der Waals surface area contributed by atoms with Crippen LogP contribution in [0.2, 0.25) is 0 Å². The number of rotatable bonds is 7. The predicted molar refractivity (Wildman–Crippen MR) is 99.9 cm³/mol. The lowest BCUT2D eigenvalue weighted by molar-refractivity contribution is -0.138. The second-order valence-corrected chi connectivity index (χ2v) is 6.72. The summed E-state index contributed by atoms with van der Waals surface area (Å²) in [6.45, 7) is 0.359. The highest BCUT2D eigenvalue weighted by Crippen LogP contribution is 2.30. The molecule has 1 aliphatic heterocycles. The van der Waals surface area contributed by atoms with Gasteiger partial charge < -0.3 is 20.1 Å². The van der Waals surface area contributed by atoms with Crippen molar-refractivity contribution in [2.75, 3.05) is 19.8 Å². The molecule has 0 unspecified atom stereocenters. The number of likely N-dealkylation sites (tertiary alicyclic amines) is 1. The maximum Gasteiger partial charge on any atom is 0.416 e. The number of ether oxygens (including phenoxy) is 2. The van der Waals surface area contributed by atoms with Gasteiger partial charge >= 0.3 is 6.18 Å². The first-order valence-electron chi connectivity index (χ1n) is 9.23. The van der Waals surface area contributed by atoms with Gasteiger partial charge in [-0.05, 0) is 49.2 Å². The van der Waals surface area contributed by atoms with E-state index in [2.05, 4.69) is 4.98 Å². The van der Waals surface area contributed by atoms with Gasteiger partial charge in [-0.2, -0.15) is 13.2 Å². The normalized spacial score (nSPS) is 16.4. The van der Waals surface area contributed by atoms with E-state index >= 15 is 0 Å². The molecule has 0 aliphatic carbocycles. The summed E-state index contributed by atoms with van der Waals surface area (Å²) in [5.41, 5.74) is 4.50. The second-order valence-electron chi connectivity index (χ2n) is 6.72. The van der Waals surface area contributed by atoms with E-state index in [9.17, 15) is 22.8 Å². The SMILES string of the molecule is NC(=O)c1ncccc1OC[C@H]1CCCN1C(=O)COc1ccc(C(F)(F)F)cc1. The quantitative estimate of drug-likeness (QED) is 0.739. The van der Waals surface area contributed by atoms with Crippen LogP contribution in [0.5, 0.6) is 11.5 Å². The molecule has 0 saturated carbocycles. The minimum Gasteiger partial charge on any atom is -0.489 e. The van der Waals surface area contributed by atoms with Crippen molar-refractivity contribution in [2.24, 2.45) is 5.73 Å². The Bertz CT molecular complexity index is 903.